The van der Waals surface area contributed by atoms with E-state index in [4.69, 9.17) is 9.47 Å². The Morgan fingerprint density at radius 3 is 1.73 bits per heavy atom. The van der Waals surface area contributed by atoms with Gasteiger partial charge in [-0.3, -0.25) is 0 Å². The molecule has 152 valence electrons. The van der Waals surface area contributed by atoms with Crippen molar-refractivity contribution < 1.29 is 14.3 Å². The van der Waals surface area contributed by atoms with E-state index in [0.29, 0.717) is 25.0 Å². The van der Waals surface area contributed by atoms with Crippen LogP contribution in [-0.4, -0.2) is 68.4 Å². The molecule has 2 saturated heterocycles. The Hall–Kier alpha value is -0.810. The van der Waals surface area contributed by atoms with Gasteiger partial charge in [0.2, 0.25) is 0 Å². The van der Waals surface area contributed by atoms with Crippen LogP contribution in [0.15, 0.2) is 0 Å². The van der Waals surface area contributed by atoms with Gasteiger partial charge >= 0.3 is 6.16 Å². The van der Waals surface area contributed by atoms with Crippen molar-refractivity contribution in [2.24, 2.45) is 11.8 Å². The van der Waals surface area contributed by atoms with E-state index in [1.165, 1.54) is 64.7 Å². The number of unbranched alkanes of at least 4 members (excludes halogenated alkanes) is 2. The molecule has 2 fully saturated rings. The number of carbonyl (C=O) groups excluding carboxylic acids is 1. The normalized spacial score (nSPS) is 25.2. The third kappa shape index (κ3) is 8.26. The maximum Gasteiger partial charge on any atom is 0.508 e. The van der Waals surface area contributed by atoms with Crippen LogP contribution in [-0.2, 0) is 9.47 Å². The molecule has 0 aliphatic carbocycles. The fraction of sp³-hybridized carbons (Fsp3) is 0.952. The highest BCUT2D eigenvalue weighted by molar-refractivity contribution is 5.59. The smallest absolute Gasteiger partial charge is 0.434 e. The minimum atomic E-state index is -0.471. The zero-order valence-corrected chi connectivity index (χ0v) is 17.1. The zero-order valence-electron chi connectivity index (χ0n) is 17.1. The lowest BCUT2D eigenvalue weighted by molar-refractivity contribution is 0.0154. The molecule has 0 aromatic heterocycles. The standard InChI is InChI=1S/C21H40N2O3/c1-3-5-11-22-13-7-9-19(15-22)17-25-21(24)26-18-20-10-8-14-23(16-20)12-6-4-2/h19-20H,3-18H2,1-2H3. The number of rotatable bonds is 10. The third-order valence-electron chi connectivity index (χ3n) is 5.74. The number of hydrogen-bond donors (Lipinski definition) is 0. The summed E-state index contributed by atoms with van der Waals surface area (Å²) in [6.07, 6.45) is 9.25. The number of nitrogens with zero attached hydrogens (tertiary/aromatic N) is 2. The fourth-order valence-corrected chi connectivity index (χ4v) is 4.16. The lowest BCUT2D eigenvalue weighted by Crippen LogP contribution is -2.39. The van der Waals surface area contributed by atoms with Crippen LogP contribution in [0, 0.1) is 11.8 Å². The molecule has 5 nitrogen and oxygen atoms in total. The van der Waals surface area contributed by atoms with Crippen molar-refractivity contribution >= 4 is 6.16 Å². The van der Waals surface area contributed by atoms with Crippen LogP contribution in [0.25, 0.3) is 0 Å². The second kappa shape index (κ2) is 12.6. The van der Waals surface area contributed by atoms with Gasteiger partial charge in [-0.15, -0.1) is 0 Å². The second-order valence-corrected chi connectivity index (χ2v) is 8.20. The van der Waals surface area contributed by atoms with Gasteiger partial charge in [-0.2, -0.15) is 0 Å². The lowest BCUT2D eigenvalue weighted by Gasteiger charge is -2.33. The molecule has 0 aromatic rings. The number of hydrogen-bond acceptors (Lipinski definition) is 5. The van der Waals surface area contributed by atoms with E-state index < -0.39 is 6.16 Å². The second-order valence-electron chi connectivity index (χ2n) is 8.20. The molecule has 0 saturated carbocycles. The summed E-state index contributed by atoms with van der Waals surface area (Å²) in [6.45, 7) is 12.3. The summed E-state index contributed by atoms with van der Waals surface area (Å²) >= 11 is 0. The molecular formula is C21H40N2O3. The molecule has 0 spiro atoms. The molecule has 0 bridgehead atoms. The van der Waals surface area contributed by atoms with E-state index in [-0.39, 0.29) is 0 Å². The minimum absolute atomic E-state index is 0.465. The van der Waals surface area contributed by atoms with E-state index in [1.807, 2.05) is 0 Å². The van der Waals surface area contributed by atoms with E-state index in [0.717, 1.165) is 25.9 Å². The van der Waals surface area contributed by atoms with E-state index in [2.05, 4.69) is 23.6 Å². The molecule has 0 amide bonds. The van der Waals surface area contributed by atoms with E-state index in [9.17, 15) is 4.79 Å². The summed E-state index contributed by atoms with van der Waals surface area (Å²) in [5, 5.41) is 0. The van der Waals surface area contributed by atoms with E-state index >= 15 is 0 Å². The van der Waals surface area contributed by atoms with Crippen LogP contribution in [0.1, 0.15) is 65.2 Å². The third-order valence-corrected chi connectivity index (χ3v) is 5.74. The largest absolute Gasteiger partial charge is 0.508 e. The first-order chi connectivity index (χ1) is 12.7. The van der Waals surface area contributed by atoms with Crippen molar-refractivity contribution in [3.63, 3.8) is 0 Å². The Kier molecular flexibility index (Phi) is 10.4. The molecule has 0 N–H and O–H groups in total. The van der Waals surface area contributed by atoms with Gasteiger partial charge in [0, 0.05) is 24.9 Å². The highest BCUT2D eigenvalue weighted by Crippen LogP contribution is 2.19. The highest BCUT2D eigenvalue weighted by Gasteiger charge is 2.23. The topological polar surface area (TPSA) is 42.0 Å². The number of piperidine rings is 2. The molecule has 2 aliphatic rings. The minimum Gasteiger partial charge on any atom is -0.434 e. The Morgan fingerprint density at radius 2 is 1.31 bits per heavy atom. The summed E-state index contributed by atoms with van der Waals surface area (Å²) in [5.74, 6) is 0.930. The van der Waals surface area contributed by atoms with Gasteiger partial charge in [0.05, 0.1) is 13.2 Å². The van der Waals surface area contributed by atoms with Crippen LogP contribution in [0.4, 0.5) is 4.79 Å². The van der Waals surface area contributed by atoms with Gasteiger partial charge in [-0.05, 0) is 64.7 Å². The monoisotopic (exact) mass is 368 g/mol. The van der Waals surface area contributed by atoms with Crippen molar-refractivity contribution in [2.75, 3.05) is 52.5 Å². The SMILES string of the molecule is CCCCN1CCCC(COC(=O)OCC2CCCN(CCCC)C2)C1. The summed E-state index contributed by atoms with van der Waals surface area (Å²) in [6, 6.07) is 0. The molecule has 2 aliphatic heterocycles. The Balaban J connectivity index is 1.58. The van der Waals surface area contributed by atoms with Crippen molar-refractivity contribution in [3.05, 3.63) is 0 Å². The lowest BCUT2D eigenvalue weighted by atomic mass is 9.98. The number of carbonyl (C=O) groups is 1. The van der Waals surface area contributed by atoms with E-state index in [1.54, 1.807) is 0 Å². The number of likely N-dealkylation sites (tertiary alicyclic amines) is 2. The maximum atomic E-state index is 12.0. The highest BCUT2D eigenvalue weighted by atomic mass is 16.7. The molecule has 0 aromatic carbocycles. The van der Waals surface area contributed by atoms with Gasteiger partial charge in [0.1, 0.15) is 0 Å². The summed E-state index contributed by atoms with van der Waals surface area (Å²) in [7, 11) is 0. The van der Waals surface area contributed by atoms with Crippen molar-refractivity contribution in [1.29, 1.82) is 0 Å². The van der Waals surface area contributed by atoms with Crippen LogP contribution >= 0.6 is 0 Å². The first-order valence-corrected chi connectivity index (χ1v) is 11.0. The summed E-state index contributed by atoms with van der Waals surface area (Å²) < 4.78 is 10.8. The first-order valence-electron chi connectivity index (χ1n) is 11.0. The van der Waals surface area contributed by atoms with Gasteiger partial charge in [-0.25, -0.2) is 4.79 Å². The fourth-order valence-electron chi connectivity index (χ4n) is 4.16. The molecule has 2 atom stereocenters. The predicted octanol–water partition coefficient (Wildman–Crippen LogP) is 4.16. The van der Waals surface area contributed by atoms with Crippen LogP contribution < -0.4 is 0 Å². The Labute approximate surface area is 160 Å². The average Bonchev–Trinajstić information content (AvgIpc) is 2.68. The maximum absolute atomic E-state index is 12.0. The predicted molar refractivity (Wildman–Crippen MR) is 105 cm³/mol. The summed E-state index contributed by atoms with van der Waals surface area (Å²) in [5.41, 5.74) is 0. The molecule has 2 rings (SSSR count). The average molecular weight is 369 g/mol. The van der Waals surface area contributed by atoms with Crippen molar-refractivity contribution in [3.8, 4) is 0 Å². The van der Waals surface area contributed by atoms with Crippen molar-refractivity contribution in [2.45, 2.75) is 65.2 Å². The quantitative estimate of drug-likeness (QED) is 0.542. The van der Waals surface area contributed by atoms with Gasteiger partial charge in [0.15, 0.2) is 0 Å². The van der Waals surface area contributed by atoms with Crippen molar-refractivity contribution in [1.82, 2.24) is 9.80 Å². The summed E-state index contributed by atoms with van der Waals surface area (Å²) in [4.78, 5) is 17.0. The molecular weight excluding hydrogens is 328 g/mol. The van der Waals surface area contributed by atoms with Gasteiger partial charge in [0.25, 0.3) is 0 Å². The molecule has 5 heteroatoms. The van der Waals surface area contributed by atoms with Gasteiger partial charge < -0.3 is 19.3 Å². The first kappa shape index (κ1) is 21.5. The molecule has 2 heterocycles. The van der Waals surface area contributed by atoms with Crippen LogP contribution in [0.2, 0.25) is 0 Å². The number of ether oxygens (including phenoxy) is 2. The zero-order chi connectivity index (χ0) is 18.6. The molecule has 0 radical (unpaired) electrons. The Morgan fingerprint density at radius 1 is 0.846 bits per heavy atom. The van der Waals surface area contributed by atoms with Crippen LogP contribution in [0.3, 0.4) is 0 Å². The molecule has 26 heavy (non-hydrogen) atoms. The van der Waals surface area contributed by atoms with Crippen LogP contribution in [0.5, 0.6) is 0 Å². The Bertz CT molecular complexity index is 357. The van der Waals surface area contributed by atoms with Gasteiger partial charge in [-0.1, -0.05) is 26.7 Å². The molecule has 2 unspecified atom stereocenters.